The SMILES string of the molecule is c1ccc(CC2OCCO2)nc1. The highest BCUT2D eigenvalue weighted by molar-refractivity contribution is 5.04. The van der Waals surface area contributed by atoms with E-state index in [9.17, 15) is 0 Å². The van der Waals surface area contributed by atoms with Crippen molar-refractivity contribution in [1.29, 1.82) is 0 Å². The van der Waals surface area contributed by atoms with Gasteiger partial charge < -0.3 is 9.47 Å². The summed E-state index contributed by atoms with van der Waals surface area (Å²) in [6.45, 7) is 1.41. The third-order valence-corrected chi connectivity index (χ3v) is 1.79. The van der Waals surface area contributed by atoms with Gasteiger partial charge in [0.2, 0.25) is 0 Å². The first-order chi connectivity index (χ1) is 5.95. The Labute approximate surface area is 71.3 Å². The summed E-state index contributed by atoms with van der Waals surface area (Å²) in [5.74, 6) is 0. The van der Waals surface area contributed by atoms with Gasteiger partial charge in [0.1, 0.15) is 0 Å². The fourth-order valence-corrected chi connectivity index (χ4v) is 1.21. The molecule has 64 valence electrons. The van der Waals surface area contributed by atoms with E-state index < -0.39 is 0 Å². The lowest BCUT2D eigenvalue weighted by molar-refractivity contribution is -0.0406. The summed E-state index contributed by atoms with van der Waals surface area (Å²) in [5, 5.41) is 0. The van der Waals surface area contributed by atoms with E-state index in [0.29, 0.717) is 13.2 Å². The molecule has 0 aliphatic carbocycles. The van der Waals surface area contributed by atoms with E-state index in [4.69, 9.17) is 9.47 Å². The summed E-state index contributed by atoms with van der Waals surface area (Å²) < 4.78 is 10.6. The predicted octanol–water partition coefficient (Wildman–Crippen LogP) is 0.997. The standard InChI is InChI=1S/C9H11NO2/c1-2-4-10-8(3-1)7-9-11-5-6-12-9/h1-4,9H,5-7H2. The normalized spacial score (nSPS) is 18.3. The first-order valence-corrected chi connectivity index (χ1v) is 4.08. The number of hydrogen-bond donors (Lipinski definition) is 0. The van der Waals surface area contributed by atoms with Crippen LogP contribution in [0.3, 0.4) is 0 Å². The summed E-state index contributed by atoms with van der Waals surface area (Å²) in [5.41, 5.74) is 1.02. The zero-order valence-corrected chi connectivity index (χ0v) is 6.77. The van der Waals surface area contributed by atoms with Gasteiger partial charge in [0.25, 0.3) is 0 Å². The van der Waals surface area contributed by atoms with Gasteiger partial charge in [-0.25, -0.2) is 0 Å². The highest BCUT2D eigenvalue weighted by atomic mass is 16.7. The third kappa shape index (κ3) is 1.81. The Hall–Kier alpha value is -0.930. The molecule has 0 saturated carbocycles. The second-order valence-corrected chi connectivity index (χ2v) is 2.70. The Morgan fingerprint density at radius 2 is 2.17 bits per heavy atom. The van der Waals surface area contributed by atoms with E-state index in [0.717, 1.165) is 12.1 Å². The molecule has 0 amide bonds. The molecule has 3 heteroatoms. The van der Waals surface area contributed by atoms with Crippen LogP contribution in [-0.4, -0.2) is 24.5 Å². The maximum absolute atomic E-state index is 5.29. The van der Waals surface area contributed by atoms with E-state index in [1.54, 1.807) is 6.20 Å². The summed E-state index contributed by atoms with van der Waals surface area (Å²) in [6.07, 6.45) is 2.45. The van der Waals surface area contributed by atoms with Crippen LogP contribution < -0.4 is 0 Å². The molecule has 1 aliphatic heterocycles. The average molecular weight is 165 g/mol. The van der Waals surface area contributed by atoms with Crippen LogP contribution in [0, 0.1) is 0 Å². The lowest BCUT2D eigenvalue weighted by Gasteiger charge is -2.06. The smallest absolute Gasteiger partial charge is 0.163 e. The fraction of sp³-hybridized carbons (Fsp3) is 0.444. The van der Waals surface area contributed by atoms with E-state index in [-0.39, 0.29) is 6.29 Å². The topological polar surface area (TPSA) is 31.4 Å². The molecule has 1 aromatic heterocycles. The van der Waals surface area contributed by atoms with Crippen LogP contribution >= 0.6 is 0 Å². The van der Waals surface area contributed by atoms with Gasteiger partial charge >= 0.3 is 0 Å². The molecule has 1 aliphatic rings. The van der Waals surface area contributed by atoms with Crippen LogP contribution in [0.25, 0.3) is 0 Å². The maximum atomic E-state index is 5.29. The predicted molar refractivity (Wildman–Crippen MR) is 43.6 cm³/mol. The number of rotatable bonds is 2. The van der Waals surface area contributed by atoms with Crippen molar-refractivity contribution in [3.05, 3.63) is 30.1 Å². The quantitative estimate of drug-likeness (QED) is 0.655. The Kier molecular flexibility index (Phi) is 2.34. The lowest BCUT2D eigenvalue weighted by atomic mass is 10.3. The number of pyridine rings is 1. The van der Waals surface area contributed by atoms with Crippen LogP contribution in [0.1, 0.15) is 5.69 Å². The summed E-state index contributed by atoms with van der Waals surface area (Å²) in [4.78, 5) is 4.18. The maximum Gasteiger partial charge on any atom is 0.163 e. The van der Waals surface area contributed by atoms with Crippen molar-refractivity contribution in [2.45, 2.75) is 12.7 Å². The van der Waals surface area contributed by atoms with Crippen LogP contribution in [0.2, 0.25) is 0 Å². The van der Waals surface area contributed by atoms with Gasteiger partial charge in [-0.15, -0.1) is 0 Å². The molecule has 3 nitrogen and oxygen atoms in total. The van der Waals surface area contributed by atoms with E-state index >= 15 is 0 Å². The van der Waals surface area contributed by atoms with Gasteiger partial charge in [-0.05, 0) is 12.1 Å². The van der Waals surface area contributed by atoms with E-state index in [1.807, 2.05) is 18.2 Å². The molecule has 1 fully saturated rings. The molecule has 1 saturated heterocycles. The van der Waals surface area contributed by atoms with Crippen molar-refractivity contribution in [2.75, 3.05) is 13.2 Å². The molecule has 0 atom stereocenters. The molecule has 2 heterocycles. The minimum absolute atomic E-state index is 0.0834. The van der Waals surface area contributed by atoms with Crippen molar-refractivity contribution >= 4 is 0 Å². The van der Waals surface area contributed by atoms with Gasteiger partial charge in [0.05, 0.1) is 13.2 Å². The molecule has 2 rings (SSSR count). The van der Waals surface area contributed by atoms with Gasteiger partial charge in [0, 0.05) is 18.3 Å². The molecule has 1 aromatic rings. The second-order valence-electron chi connectivity index (χ2n) is 2.70. The van der Waals surface area contributed by atoms with E-state index in [2.05, 4.69) is 4.98 Å². The summed E-state index contributed by atoms with van der Waals surface area (Å²) >= 11 is 0. The molecular weight excluding hydrogens is 154 g/mol. The summed E-state index contributed by atoms with van der Waals surface area (Å²) in [6, 6.07) is 5.85. The van der Waals surface area contributed by atoms with Crippen LogP contribution in [-0.2, 0) is 15.9 Å². The Balaban J connectivity index is 1.94. The Morgan fingerprint density at radius 1 is 1.33 bits per heavy atom. The van der Waals surface area contributed by atoms with Crippen LogP contribution in [0.15, 0.2) is 24.4 Å². The molecule has 0 radical (unpaired) electrons. The average Bonchev–Trinajstić information content (AvgIpc) is 2.59. The zero-order chi connectivity index (χ0) is 8.23. The van der Waals surface area contributed by atoms with Gasteiger partial charge in [0.15, 0.2) is 6.29 Å². The van der Waals surface area contributed by atoms with Crippen LogP contribution in [0.5, 0.6) is 0 Å². The number of aromatic nitrogens is 1. The molecule has 0 unspecified atom stereocenters. The molecule has 12 heavy (non-hydrogen) atoms. The van der Waals surface area contributed by atoms with Gasteiger partial charge in [-0.3, -0.25) is 4.98 Å². The van der Waals surface area contributed by atoms with E-state index in [1.165, 1.54) is 0 Å². The first-order valence-electron chi connectivity index (χ1n) is 4.08. The fourth-order valence-electron chi connectivity index (χ4n) is 1.21. The van der Waals surface area contributed by atoms with Crippen molar-refractivity contribution in [2.24, 2.45) is 0 Å². The lowest BCUT2D eigenvalue weighted by Crippen LogP contribution is -2.11. The highest BCUT2D eigenvalue weighted by Gasteiger charge is 2.16. The zero-order valence-electron chi connectivity index (χ0n) is 6.77. The number of ether oxygens (including phenoxy) is 2. The van der Waals surface area contributed by atoms with Crippen molar-refractivity contribution < 1.29 is 9.47 Å². The minimum atomic E-state index is -0.0834. The molecule has 0 spiro atoms. The highest BCUT2D eigenvalue weighted by Crippen LogP contribution is 2.08. The van der Waals surface area contributed by atoms with Crippen LogP contribution in [0.4, 0.5) is 0 Å². The van der Waals surface area contributed by atoms with Crippen molar-refractivity contribution in [3.63, 3.8) is 0 Å². The number of hydrogen-bond acceptors (Lipinski definition) is 3. The molecule has 0 bridgehead atoms. The molecule has 0 N–H and O–H groups in total. The monoisotopic (exact) mass is 165 g/mol. The Morgan fingerprint density at radius 3 is 2.83 bits per heavy atom. The third-order valence-electron chi connectivity index (χ3n) is 1.79. The minimum Gasteiger partial charge on any atom is -0.350 e. The molecular formula is C9H11NO2. The number of nitrogens with zero attached hydrogens (tertiary/aromatic N) is 1. The molecule has 0 aromatic carbocycles. The van der Waals surface area contributed by atoms with Gasteiger partial charge in [-0.2, -0.15) is 0 Å². The van der Waals surface area contributed by atoms with Crippen molar-refractivity contribution in [1.82, 2.24) is 4.98 Å². The first kappa shape index (κ1) is 7.71. The largest absolute Gasteiger partial charge is 0.350 e. The second kappa shape index (κ2) is 3.65. The summed E-state index contributed by atoms with van der Waals surface area (Å²) in [7, 11) is 0. The Bertz CT molecular complexity index is 232. The van der Waals surface area contributed by atoms with Crippen molar-refractivity contribution in [3.8, 4) is 0 Å². The van der Waals surface area contributed by atoms with Gasteiger partial charge in [-0.1, -0.05) is 6.07 Å².